The summed E-state index contributed by atoms with van der Waals surface area (Å²) in [7, 11) is -3.77. The standard InChI is InChI=1S/C33H36N6O7S.2C2HF3O2/c1-18(2)47(45,46)28-8-6-23-11-22(28)13-34-33(44)31(38-24-5-7-27-25(12-24)32(43)36-17-35-27)21-9-19(3)26(20(4)10-21)14-39(16-30(41)42)15-29(40)37-23;2*3-2(4,5)1(6)7/h5-12,17-18,31,38H,13-16H2,1-4H3,(H,34,44)(H,37,40)(H,41,42)(H,35,36,43);2*(H,6,7). The van der Waals surface area contributed by atoms with E-state index in [1.807, 2.05) is 26.0 Å². The number of alkyl halides is 6. The van der Waals surface area contributed by atoms with Crippen molar-refractivity contribution in [3.8, 4) is 0 Å². The highest BCUT2D eigenvalue weighted by molar-refractivity contribution is 7.92. The van der Waals surface area contributed by atoms with Gasteiger partial charge in [0.15, 0.2) is 9.84 Å². The minimum atomic E-state index is -5.08. The summed E-state index contributed by atoms with van der Waals surface area (Å²) in [6, 6.07) is 12.0. The molecule has 1 unspecified atom stereocenters. The smallest absolute Gasteiger partial charge is 0.480 e. The molecule has 7 N–H and O–H groups in total. The van der Waals surface area contributed by atoms with Gasteiger partial charge in [0.05, 0.1) is 40.5 Å². The Kier molecular flexibility index (Phi) is 15.7. The van der Waals surface area contributed by atoms with Crippen LogP contribution < -0.4 is 21.5 Å². The van der Waals surface area contributed by atoms with E-state index in [0.29, 0.717) is 27.8 Å². The maximum Gasteiger partial charge on any atom is 0.490 e. The molecular formula is C37H38F6N6O11S. The lowest BCUT2D eigenvalue weighted by atomic mass is 9.94. The Balaban J connectivity index is 0.000000609. The molecule has 1 aromatic heterocycles. The maximum atomic E-state index is 14.0. The summed E-state index contributed by atoms with van der Waals surface area (Å²) in [5.41, 5.74) is 4.12. The number of fused-ring (bicyclic) bond motifs is 10. The number of aryl methyl sites for hydroxylation is 2. The van der Waals surface area contributed by atoms with Gasteiger partial charge >= 0.3 is 30.3 Å². The van der Waals surface area contributed by atoms with Crippen LogP contribution in [0.2, 0.25) is 0 Å². The maximum absolute atomic E-state index is 14.0. The van der Waals surface area contributed by atoms with Crippen molar-refractivity contribution >= 4 is 61.8 Å². The molecule has 0 saturated carbocycles. The number of hydrogen-bond donors (Lipinski definition) is 7. The number of aromatic amines is 1. The molecule has 0 saturated heterocycles. The molecule has 61 heavy (non-hydrogen) atoms. The third-order valence-electron chi connectivity index (χ3n) is 8.58. The molecule has 0 fully saturated rings. The van der Waals surface area contributed by atoms with Crippen molar-refractivity contribution in [3.63, 3.8) is 0 Å². The van der Waals surface area contributed by atoms with Gasteiger partial charge in [0.25, 0.3) is 5.56 Å². The molecule has 6 rings (SSSR count). The Hall–Kier alpha value is -6.56. The second kappa shape index (κ2) is 19.7. The second-order valence-corrected chi connectivity index (χ2v) is 16.0. The van der Waals surface area contributed by atoms with Gasteiger partial charge in [-0.15, -0.1) is 0 Å². The van der Waals surface area contributed by atoms with Crippen LogP contribution in [0.4, 0.5) is 37.7 Å². The van der Waals surface area contributed by atoms with E-state index >= 15 is 0 Å². The topological polar surface area (TPSA) is 265 Å². The van der Waals surface area contributed by atoms with E-state index in [1.165, 1.54) is 29.4 Å². The molecule has 1 atom stereocenters. The molecule has 3 aromatic carbocycles. The van der Waals surface area contributed by atoms with Gasteiger partial charge in [0.2, 0.25) is 11.8 Å². The number of carboxylic acids is 3. The fraction of sp³-hybridized carbons (Fsp3) is 0.324. The first-order valence-corrected chi connectivity index (χ1v) is 19.0. The third-order valence-corrected chi connectivity index (χ3v) is 10.8. The number of benzene rings is 3. The van der Waals surface area contributed by atoms with Crippen LogP contribution in [-0.2, 0) is 46.9 Å². The van der Waals surface area contributed by atoms with Gasteiger partial charge in [-0.25, -0.2) is 23.0 Å². The van der Waals surface area contributed by atoms with E-state index in [4.69, 9.17) is 19.8 Å². The number of rotatable bonds is 6. The highest BCUT2D eigenvalue weighted by Gasteiger charge is 2.39. The highest BCUT2D eigenvalue weighted by Crippen LogP contribution is 2.29. The van der Waals surface area contributed by atoms with Gasteiger partial charge < -0.3 is 36.3 Å². The van der Waals surface area contributed by atoms with Gasteiger partial charge in [-0.05, 0) is 91.9 Å². The number of hydrogen-bond acceptors (Lipinski definition) is 11. The van der Waals surface area contributed by atoms with E-state index < -0.39 is 69.7 Å². The van der Waals surface area contributed by atoms with Crippen LogP contribution in [0.1, 0.15) is 47.7 Å². The number of H-pyrrole nitrogens is 1. The average molecular weight is 889 g/mol. The minimum absolute atomic E-state index is 0.0150. The fourth-order valence-electron chi connectivity index (χ4n) is 5.67. The number of sulfone groups is 1. The Labute approximate surface area is 341 Å². The van der Waals surface area contributed by atoms with Crippen molar-refractivity contribution in [1.29, 1.82) is 0 Å². The van der Waals surface area contributed by atoms with E-state index in [2.05, 4.69) is 25.9 Å². The van der Waals surface area contributed by atoms with E-state index in [9.17, 15) is 59.0 Å². The fourth-order valence-corrected chi connectivity index (χ4v) is 6.93. The molecule has 17 nitrogen and oxygen atoms in total. The van der Waals surface area contributed by atoms with Crippen molar-refractivity contribution < 1.29 is 74.1 Å². The van der Waals surface area contributed by atoms with Gasteiger partial charge in [0.1, 0.15) is 6.04 Å². The SMILES string of the molecule is Cc1cc2cc(C)c1CN(CC(=O)O)CC(=O)Nc1ccc(S(=O)(=O)C(C)C)c(c1)CNC(=O)C2Nc1ccc2nc[nH]c(=O)c2c1.O=C(O)C(F)(F)F.O=C(O)C(F)(F)F. The van der Waals surface area contributed by atoms with Crippen LogP contribution in [0, 0.1) is 13.8 Å². The monoisotopic (exact) mass is 888 g/mol. The van der Waals surface area contributed by atoms with Crippen LogP contribution in [0.3, 0.4) is 0 Å². The van der Waals surface area contributed by atoms with Crippen molar-refractivity contribution in [1.82, 2.24) is 20.2 Å². The number of anilines is 2. The number of carbonyl (C=O) groups is 5. The van der Waals surface area contributed by atoms with Crippen molar-refractivity contribution in [2.24, 2.45) is 0 Å². The largest absolute Gasteiger partial charge is 0.490 e. The highest BCUT2D eigenvalue weighted by atomic mass is 32.2. The van der Waals surface area contributed by atoms with Crippen LogP contribution in [0.15, 0.2) is 64.5 Å². The molecular weight excluding hydrogens is 850 g/mol. The number of nitrogens with zero attached hydrogens (tertiary/aromatic N) is 2. The Morgan fingerprint density at radius 3 is 1.98 bits per heavy atom. The lowest BCUT2D eigenvalue weighted by molar-refractivity contribution is -0.193. The van der Waals surface area contributed by atoms with Gasteiger partial charge in [-0.3, -0.25) is 24.1 Å². The van der Waals surface area contributed by atoms with E-state index in [1.54, 1.807) is 32.0 Å². The van der Waals surface area contributed by atoms with Crippen LogP contribution >= 0.6 is 0 Å². The molecule has 0 spiro atoms. The lowest BCUT2D eigenvalue weighted by Gasteiger charge is -2.26. The molecule has 24 heteroatoms. The number of carboxylic acid groups (broad SMARTS) is 3. The van der Waals surface area contributed by atoms with E-state index in [-0.39, 0.29) is 35.7 Å². The third kappa shape index (κ3) is 13.5. The number of carbonyl (C=O) groups excluding carboxylic acids is 2. The average Bonchev–Trinajstić information content (AvgIpc) is 3.13. The molecule has 4 aromatic rings. The summed E-state index contributed by atoms with van der Waals surface area (Å²) >= 11 is 0. The first-order valence-electron chi connectivity index (χ1n) is 17.4. The number of nitrogens with one attached hydrogen (secondary N) is 4. The predicted molar refractivity (Wildman–Crippen MR) is 204 cm³/mol. The number of aliphatic carboxylic acids is 3. The van der Waals surface area contributed by atoms with E-state index in [0.717, 1.165) is 16.7 Å². The molecule has 0 radical (unpaired) electrons. The van der Waals surface area contributed by atoms with Crippen molar-refractivity contribution in [2.75, 3.05) is 23.7 Å². The normalized spacial score (nSPS) is 15.1. The zero-order valence-corrected chi connectivity index (χ0v) is 33.2. The number of halogens is 6. The molecule has 3 heterocycles. The van der Waals surface area contributed by atoms with Crippen molar-refractivity contribution in [3.05, 3.63) is 93.0 Å². The summed E-state index contributed by atoms with van der Waals surface area (Å²) in [6.45, 7) is 6.15. The Bertz CT molecular complexity index is 2450. The number of amides is 2. The Morgan fingerprint density at radius 2 is 1.46 bits per heavy atom. The predicted octanol–water partition coefficient (Wildman–Crippen LogP) is 4.30. The first kappa shape index (κ1) is 48.8. The lowest BCUT2D eigenvalue weighted by Crippen LogP contribution is -2.37. The zero-order valence-electron chi connectivity index (χ0n) is 32.4. The van der Waals surface area contributed by atoms with Crippen molar-refractivity contribution in [2.45, 2.75) is 69.3 Å². The summed E-state index contributed by atoms with van der Waals surface area (Å²) in [5.74, 6) is -7.57. The molecule has 0 aliphatic carbocycles. The summed E-state index contributed by atoms with van der Waals surface area (Å²) in [6.07, 6.45) is -8.86. The molecule has 2 aliphatic heterocycles. The second-order valence-electron chi connectivity index (χ2n) is 13.5. The quantitative estimate of drug-likeness (QED) is 0.133. The van der Waals surface area contributed by atoms with Gasteiger partial charge in [0, 0.05) is 24.5 Å². The Morgan fingerprint density at radius 1 is 0.885 bits per heavy atom. The first-order chi connectivity index (χ1) is 28.1. The summed E-state index contributed by atoms with van der Waals surface area (Å²) in [4.78, 5) is 77.4. The molecule has 2 aliphatic rings. The number of aromatic nitrogens is 2. The van der Waals surface area contributed by atoms with Crippen LogP contribution in [0.25, 0.3) is 10.9 Å². The van der Waals surface area contributed by atoms with Crippen LogP contribution in [-0.4, -0.2) is 99.0 Å². The van der Waals surface area contributed by atoms with Gasteiger partial charge in [-0.1, -0.05) is 12.1 Å². The zero-order chi connectivity index (χ0) is 46.2. The minimum Gasteiger partial charge on any atom is -0.480 e. The van der Waals surface area contributed by atoms with Gasteiger partial charge in [-0.2, -0.15) is 26.3 Å². The summed E-state index contributed by atoms with van der Waals surface area (Å²) in [5, 5.41) is 32.3. The molecule has 330 valence electrons. The van der Waals surface area contributed by atoms with Crippen LogP contribution in [0.5, 0.6) is 0 Å². The molecule has 4 bridgehead atoms. The molecule has 2 amide bonds. The summed E-state index contributed by atoms with van der Waals surface area (Å²) < 4.78 is 90.0.